The summed E-state index contributed by atoms with van der Waals surface area (Å²) in [5.74, 6) is 1.08. The summed E-state index contributed by atoms with van der Waals surface area (Å²) < 4.78 is 19.3. The molecule has 0 amide bonds. The van der Waals surface area contributed by atoms with E-state index in [0.29, 0.717) is 23.2 Å². The predicted octanol–water partition coefficient (Wildman–Crippen LogP) is 3.11. The van der Waals surface area contributed by atoms with Crippen LogP contribution in [-0.4, -0.2) is 23.2 Å². The molecule has 0 radical (unpaired) electrons. The highest BCUT2D eigenvalue weighted by atomic mass is 79.9. The van der Waals surface area contributed by atoms with Crippen molar-refractivity contribution < 1.29 is 8.91 Å². The van der Waals surface area contributed by atoms with E-state index in [4.69, 9.17) is 4.52 Å². The molecule has 1 aliphatic heterocycles. The molecule has 2 heterocycles. The lowest BCUT2D eigenvalue weighted by atomic mass is 9.98. The van der Waals surface area contributed by atoms with Gasteiger partial charge in [0.2, 0.25) is 0 Å². The van der Waals surface area contributed by atoms with E-state index in [1.165, 1.54) is 12.1 Å². The van der Waals surface area contributed by atoms with E-state index in [2.05, 4.69) is 31.4 Å². The molecule has 0 atom stereocenters. The van der Waals surface area contributed by atoms with Gasteiger partial charge in [-0.15, -0.1) is 0 Å². The van der Waals surface area contributed by atoms with Crippen LogP contribution in [0.5, 0.6) is 0 Å². The molecule has 0 bridgehead atoms. The lowest BCUT2D eigenvalue weighted by Gasteiger charge is -2.18. The van der Waals surface area contributed by atoms with E-state index in [0.717, 1.165) is 30.4 Å². The summed E-state index contributed by atoms with van der Waals surface area (Å²) in [6.45, 7) is 1.94. The zero-order valence-corrected chi connectivity index (χ0v) is 11.8. The second-order valence-corrected chi connectivity index (χ2v) is 5.46. The lowest BCUT2D eigenvalue weighted by Crippen LogP contribution is -2.27. The molecule has 1 fully saturated rings. The molecule has 2 aromatic rings. The SMILES string of the molecule is Fc1ccc(Br)c(-c2nc(C3CCNCC3)no2)c1. The van der Waals surface area contributed by atoms with E-state index >= 15 is 0 Å². The Kier molecular flexibility index (Phi) is 3.61. The first-order chi connectivity index (χ1) is 9.24. The van der Waals surface area contributed by atoms with Gasteiger partial charge in [-0.2, -0.15) is 4.98 Å². The van der Waals surface area contributed by atoms with Gasteiger partial charge in [0.25, 0.3) is 5.89 Å². The van der Waals surface area contributed by atoms with Gasteiger partial charge in [0.15, 0.2) is 5.82 Å². The molecule has 3 rings (SSSR count). The van der Waals surface area contributed by atoms with Crippen molar-refractivity contribution in [3.05, 3.63) is 34.3 Å². The van der Waals surface area contributed by atoms with Crippen molar-refractivity contribution in [3.8, 4) is 11.5 Å². The van der Waals surface area contributed by atoms with Gasteiger partial charge in [0, 0.05) is 10.4 Å². The van der Waals surface area contributed by atoms with Gasteiger partial charge in [-0.1, -0.05) is 5.16 Å². The average molecular weight is 326 g/mol. The highest BCUT2D eigenvalue weighted by Crippen LogP contribution is 2.30. The molecule has 100 valence electrons. The Morgan fingerprint density at radius 2 is 2.11 bits per heavy atom. The molecule has 19 heavy (non-hydrogen) atoms. The second-order valence-electron chi connectivity index (χ2n) is 4.61. The second kappa shape index (κ2) is 5.38. The summed E-state index contributed by atoms with van der Waals surface area (Å²) in [6, 6.07) is 4.42. The van der Waals surface area contributed by atoms with Crippen LogP contribution in [0, 0.1) is 5.82 Å². The van der Waals surface area contributed by atoms with Crippen LogP contribution in [0.25, 0.3) is 11.5 Å². The van der Waals surface area contributed by atoms with Crippen LogP contribution in [0.15, 0.2) is 27.2 Å². The highest BCUT2D eigenvalue weighted by molar-refractivity contribution is 9.10. The van der Waals surface area contributed by atoms with Gasteiger partial charge in [-0.25, -0.2) is 4.39 Å². The van der Waals surface area contributed by atoms with Crippen molar-refractivity contribution in [2.45, 2.75) is 18.8 Å². The highest BCUT2D eigenvalue weighted by Gasteiger charge is 2.21. The van der Waals surface area contributed by atoms with E-state index < -0.39 is 0 Å². The van der Waals surface area contributed by atoms with Gasteiger partial charge in [0.05, 0.1) is 5.56 Å². The molecule has 1 aromatic carbocycles. The van der Waals surface area contributed by atoms with Gasteiger partial charge in [-0.3, -0.25) is 0 Å². The first-order valence-corrected chi connectivity index (χ1v) is 7.03. The average Bonchev–Trinajstić information content (AvgIpc) is 2.92. The Labute approximate surface area is 118 Å². The molecule has 0 unspecified atom stereocenters. The van der Waals surface area contributed by atoms with Crippen LogP contribution in [0.1, 0.15) is 24.6 Å². The van der Waals surface area contributed by atoms with Crippen molar-refractivity contribution in [3.63, 3.8) is 0 Å². The number of nitrogens with one attached hydrogen (secondary N) is 1. The first-order valence-electron chi connectivity index (χ1n) is 6.24. The Bertz CT molecular complexity index is 581. The van der Waals surface area contributed by atoms with Gasteiger partial charge >= 0.3 is 0 Å². The molecule has 1 N–H and O–H groups in total. The van der Waals surface area contributed by atoms with Crippen LogP contribution in [0.2, 0.25) is 0 Å². The number of benzene rings is 1. The number of hydrogen-bond acceptors (Lipinski definition) is 4. The molecule has 0 saturated carbocycles. The molecular weight excluding hydrogens is 313 g/mol. The van der Waals surface area contributed by atoms with Crippen molar-refractivity contribution in [2.24, 2.45) is 0 Å². The molecule has 0 spiro atoms. The van der Waals surface area contributed by atoms with Crippen LogP contribution < -0.4 is 5.32 Å². The Morgan fingerprint density at radius 1 is 1.32 bits per heavy atom. The zero-order chi connectivity index (χ0) is 13.2. The summed E-state index contributed by atoms with van der Waals surface area (Å²) in [6.07, 6.45) is 2.01. The number of aromatic nitrogens is 2. The molecule has 1 aliphatic rings. The van der Waals surface area contributed by atoms with Gasteiger partial charge < -0.3 is 9.84 Å². The van der Waals surface area contributed by atoms with Crippen LogP contribution in [-0.2, 0) is 0 Å². The molecule has 6 heteroatoms. The van der Waals surface area contributed by atoms with Gasteiger partial charge in [0.1, 0.15) is 5.82 Å². The van der Waals surface area contributed by atoms with Crippen molar-refractivity contribution in [2.75, 3.05) is 13.1 Å². The largest absolute Gasteiger partial charge is 0.334 e. The maximum absolute atomic E-state index is 13.3. The fourth-order valence-electron chi connectivity index (χ4n) is 2.25. The number of rotatable bonds is 2. The minimum absolute atomic E-state index is 0.320. The standard InChI is InChI=1S/C13H13BrFN3O/c14-11-2-1-9(15)7-10(11)13-17-12(18-19-13)8-3-5-16-6-4-8/h1-2,7-8,16H,3-6H2. The molecule has 1 aromatic heterocycles. The molecule has 1 saturated heterocycles. The summed E-state index contributed by atoms with van der Waals surface area (Å²) in [5.41, 5.74) is 0.590. The van der Waals surface area contributed by atoms with E-state index in [1.54, 1.807) is 6.07 Å². The van der Waals surface area contributed by atoms with Gasteiger partial charge in [-0.05, 0) is 60.1 Å². The number of piperidine rings is 1. The normalized spacial score (nSPS) is 16.7. The molecular formula is C13H13BrFN3O. The van der Waals surface area contributed by atoms with Crippen molar-refractivity contribution in [1.82, 2.24) is 15.5 Å². The Hall–Kier alpha value is -1.27. The minimum Gasteiger partial charge on any atom is -0.334 e. The van der Waals surface area contributed by atoms with Crippen LogP contribution in [0.3, 0.4) is 0 Å². The third-order valence-corrected chi connectivity index (χ3v) is 4.00. The van der Waals surface area contributed by atoms with Crippen LogP contribution >= 0.6 is 15.9 Å². The van der Waals surface area contributed by atoms with E-state index in [1.807, 2.05) is 0 Å². The van der Waals surface area contributed by atoms with Crippen molar-refractivity contribution in [1.29, 1.82) is 0 Å². The van der Waals surface area contributed by atoms with Crippen LogP contribution in [0.4, 0.5) is 4.39 Å². The third-order valence-electron chi connectivity index (χ3n) is 3.30. The minimum atomic E-state index is -0.320. The first kappa shape index (κ1) is 12.7. The summed E-state index contributed by atoms with van der Waals surface area (Å²) >= 11 is 3.37. The summed E-state index contributed by atoms with van der Waals surface area (Å²) in [7, 11) is 0. The Morgan fingerprint density at radius 3 is 2.89 bits per heavy atom. The molecule has 0 aliphatic carbocycles. The smallest absolute Gasteiger partial charge is 0.259 e. The maximum atomic E-state index is 13.3. The fraction of sp³-hybridized carbons (Fsp3) is 0.385. The maximum Gasteiger partial charge on any atom is 0.259 e. The zero-order valence-electron chi connectivity index (χ0n) is 10.2. The van der Waals surface area contributed by atoms with E-state index in [-0.39, 0.29) is 5.82 Å². The third kappa shape index (κ3) is 2.69. The monoisotopic (exact) mass is 325 g/mol. The quantitative estimate of drug-likeness (QED) is 0.921. The number of halogens is 2. The predicted molar refractivity (Wildman–Crippen MR) is 72.2 cm³/mol. The molecule has 4 nitrogen and oxygen atoms in total. The fourth-order valence-corrected chi connectivity index (χ4v) is 2.67. The summed E-state index contributed by atoms with van der Waals surface area (Å²) in [4.78, 5) is 4.40. The topological polar surface area (TPSA) is 51.0 Å². The summed E-state index contributed by atoms with van der Waals surface area (Å²) in [5, 5.41) is 7.33. The number of nitrogens with zero attached hydrogens (tertiary/aromatic N) is 2. The van der Waals surface area contributed by atoms with Crippen molar-refractivity contribution >= 4 is 15.9 Å². The number of hydrogen-bond donors (Lipinski definition) is 1. The lowest BCUT2D eigenvalue weighted by molar-refractivity contribution is 0.392. The van der Waals surface area contributed by atoms with E-state index in [9.17, 15) is 4.39 Å². The Balaban J connectivity index is 1.89.